The van der Waals surface area contributed by atoms with E-state index in [0.717, 1.165) is 39.0 Å². The molecule has 0 aromatic carbocycles. The molecule has 2 fully saturated rings. The third-order valence-electron chi connectivity index (χ3n) is 3.78. The highest BCUT2D eigenvalue weighted by atomic mass is 16.5. The van der Waals surface area contributed by atoms with Crippen LogP contribution in [0.2, 0.25) is 0 Å². The largest absolute Gasteiger partial charge is 0.381 e. The number of carbonyl (C=O) groups is 1. The minimum atomic E-state index is 0.161. The van der Waals surface area contributed by atoms with Crippen molar-refractivity contribution in [3.05, 3.63) is 0 Å². The van der Waals surface area contributed by atoms with E-state index in [1.165, 1.54) is 6.42 Å². The second kappa shape index (κ2) is 5.64. The molecule has 0 spiro atoms. The highest BCUT2D eigenvalue weighted by Crippen LogP contribution is 2.26. The zero-order valence-corrected chi connectivity index (χ0v) is 9.78. The van der Waals surface area contributed by atoms with E-state index in [2.05, 4.69) is 5.32 Å². The van der Waals surface area contributed by atoms with Crippen molar-refractivity contribution in [2.75, 3.05) is 19.8 Å². The van der Waals surface area contributed by atoms with E-state index in [1.807, 2.05) is 0 Å². The fourth-order valence-corrected chi connectivity index (χ4v) is 2.63. The third kappa shape index (κ3) is 3.19. The maximum atomic E-state index is 11.7. The quantitative estimate of drug-likeness (QED) is 0.740. The van der Waals surface area contributed by atoms with E-state index in [-0.39, 0.29) is 11.9 Å². The molecule has 1 unspecified atom stereocenters. The van der Waals surface area contributed by atoms with Crippen molar-refractivity contribution in [3.8, 4) is 0 Å². The molecule has 4 heteroatoms. The summed E-state index contributed by atoms with van der Waals surface area (Å²) >= 11 is 0. The Balaban J connectivity index is 1.63. The lowest BCUT2D eigenvalue weighted by Gasteiger charge is -2.15. The molecule has 0 bridgehead atoms. The fourth-order valence-electron chi connectivity index (χ4n) is 2.63. The number of nitrogens with two attached hydrogens (primary N) is 1. The molecule has 1 aliphatic carbocycles. The van der Waals surface area contributed by atoms with Crippen LogP contribution in [-0.4, -0.2) is 31.7 Å². The first-order valence-electron chi connectivity index (χ1n) is 6.35. The monoisotopic (exact) mass is 226 g/mol. The van der Waals surface area contributed by atoms with Gasteiger partial charge in [-0.2, -0.15) is 0 Å². The fraction of sp³-hybridized carbons (Fsp3) is 0.917. The smallest absolute Gasteiger partial charge is 0.220 e. The first-order chi connectivity index (χ1) is 7.75. The highest BCUT2D eigenvalue weighted by Gasteiger charge is 2.26. The van der Waals surface area contributed by atoms with Gasteiger partial charge in [-0.05, 0) is 25.2 Å². The van der Waals surface area contributed by atoms with Crippen LogP contribution in [0.3, 0.4) is 0 Å². The average molecular weight is 226 g/mol. The zero-order valence-electron chi connectivity index (χ0n) is 9.78. The van der Waals surface area contributed by atoms with Gasteiger partial charge in [-0.1, -0.05) is 6.42 Å². The minimum Gasteiger partial charge on any atom is -0.381 e. The van der Waals surface area contributed by atoms with Crippen LogP contribution in [0.25, 0.3) is 0 Å². The number of hydrogen-bond acceptors (Lipinski definition) is 3. The predicted molar refractivity (Wildman–Crippen MR) is 61.9 cm³/mol. The molecular weight excluding hydrogens is 204 g/mol. The van der Waals surface area contributed by atoms with Gasteiger partial charge in [0.25, 0.3) is 0 Å². The molecule has 3 atom stereocenters. The van der Waals surface area contributed by atoms with Gasteiger partial charge >= 0.3 is 0 Å². The van der Waals surface area contributed by atoms with Crippen LogP contribution >= 0.6 is 0 Å². The zero-order chi connectivity index (χ0) is 11.4. The second-order valence-electron chi connectivity index (χ2n) is 5.09. The van der Waals surface area contributed by atoms with E-state index < -0.39 is 0 Å². The molecule has 0 radical (unpaired) electrons. The average Bonchev–Trinajstić information content (AvgIpc) is 2.88. The normalized spacial score (nSPS) is 34.2. The van der Waals surface area contributed by atoms with Gasteiger partial charge in [-0.15, -0.1) is 0 Å². The van der Waals surface area contributed by atoms with Crippen molar-refractivity contribution in [2.24, 2.45) is 17.6 Å². The van der Waals surface area contributed by atoms with Crippen molar-refractivity contribution in [1.82, 2.24) is 5.32 Å². The maximum absolute atomic E-state index is 11.7. The molecule has 16 heavy (non-hydrogen) atoms. The van der Waals surface area contributed by atoms with Crippen LogP contribution in [0, 0.1) is 11.8 Å². The van der Waals surface area contributed by atoms with Crippen LogP contribution < -0.4 is 11.1 Å². The molecule has 1 heterocycles. The van der Waals surface area contributed by atoms with E-state index in [9.17, 15) is 4.79 Å². The number of rotatable bonds is 4. The molecule has 92 valence electrons. The molecule has 2 rings (SSSR count). The summed E-state index contributed by atoms with van der Waals surface area (Å²) in [4.78, 5) is 11.7. The van der Waals surface area contributed by atoms with Gasteiger partial charge in [0.1, 0.15) is 0 Å². The van der Waals surface area contributed by atoms with Gasteiger partial charge in [-0.3, -0.25) is 4.79 Å². The summed E-state index contributed by atoms with van der Waals surface area (Å²) in [7, 11) is 0. The molecule has 0 aromatic rings. The lowest BCUT2D eigenvalue weighted by Crippen LogP contribution is -2.34. The molecule has 1 aliphatic heterocycles. The minimum absolute atomic E-state index is 0.161. The number of carbonyl (C=O) groups excluding carboxylic acids is 1. The lowest BCUT2D eigenvalue weighted by atomic mass is 9.99. The van der Waals surface area contributed by atoms with Crippen LogP contribution in [-0.2, 0) is 9.53 Å². The molecule has 4 nitrogen and oxygen atoms in total. The Morgan fingerprint density at radius 1 is 1.38 bits per heavy atom. The molecule has 1 saturated carbocycles. The summed E-state index contributed by atoms with van der Waals surface area (Å²) in [6.45, 7) is 2.40. The highest BCUT2D eigenvalue weighted by molar-refractivity contribution is 5.76. The summed E-state index contributed by atoms with van der Waals surface area (Å²) < 4.78 is 5.27. The standard InChI is InChI=1S/C12H22N2O2/c13-11-3-1-2-10(11)6-12(15)14-7-9-4-5-16-8-9/h9-11H,1-8,13H2,(H,14,15)/t9?,10-,11+/m0/s1. The molecule has 1 saturated heterocycles. The molecule has 3 N–H and O–H groups in total. The van der Waals surface area contributed by atoms with Crippen LogP contribution in [0.4, 0.5) is 0 Å². The molecule has 0 aromatic heterocycles. The second-order valence-corrected chi connectivity index (χ2v) is 5.09. The first kappa shape index (κ1) is 11.9. The Morgan fingerprint density at radius 2 is 2.25 bits per heavy atom. The Kier molecular flexibility index (Phi) is 4.18. The van der Waals surface area contributed by atoms with Gasteiger partial charge in [0.2, 0.25) is 5.91 Å². The van der Waals surface area contributed by atoms with Gasteiger partial charge < -0.3 is 15.8 Å². The first-order valence-corrected chi connectivity index (χ1v) is 6.35. The van der Waals surface area contributed by atoms with Gasteiger partial charge in [-0.25, -0.2) is 0 Å². The van der Waals surface area contributed by atoms with Crippen molar-refractivity contribution in [3.63, 3.8) is 0 Å². The maximum Gasteiger partial charge on any atom is 0.220 e. The number of nitrogens with one attached hydrogen (secondary N) is 1. The van der Waals surface area contributed by atoms with Gasteiger partial charge in [0.05, 0.1) is 6.61 Å². The Hall–Kier alpha value is -0.610. The van der Waals surface area contributed by atoms with Gasteiger partial charge in [0.15, 0.2) is 0 Å². The van der Waals surface area contributed by atoms with E-state index in [1.54, 1.807) is 0 Å². The van der Waals surface area contributed by atoms with Gasteiger partial charge in [0, 0.05) is 31.5 Å². The van der Waals surface area contributed by atoms with Crippen molar-refractivity contribution >= 4 is 5.91 Å². The van der Waals surface area contributed by atoms with Crippen molar-refractivity contribution in [2.45, 2.75) is 38.1 Å². The number of ether oxygens (including phenoxy) is 1. The van der Waals surface area contributed by atoms with Crippen LogP contribution in [0.1, 0.15) is 32.1 Å². The van der Waals surface area contributed by atoms with Crippen LogP contribution in [0.5, 0.6) is 0 Å². The van der Waals surface area contributed by atoms with Crippen molar-refractivity contribution < 1.29 is 9.53 Å². The van der Waals surface area contributed by atoms with E-state index in [0.29, 0.717) is 18.3 Å². The SMILES string of the molecule is N[C@@H]1CCC[C@H]1CC(=O)NCC1CCOC1. The van der Waals surface area contributed by atoms with Crippen molar-refractivity contribution in [1.29, 1.82) is 0 Å². The number of hydrogen-bond donors (Lipinski definition) is 2. The molecule has 2 aliphatic rings. The molecule has 1 amide bonds. The summed E-state index contributed by atoms with van der Waals surface area (Å²) in [5.41, 5.74) is 5.95. The Morgan fingerprint density at radius 3 is 2.88 bits per heavy atom. The topological polar surface area (TPSA) is 64.4 Å². The van der Waals surface area contributed by atoms with E-state index in [4.69, 9.17) is 10.5 Å². The Bertz CT molecular complexity index is 239. The summed E-state index contributed by atoms with van der Waals surface area (Å²) in [5, 5.41) is 3.00. The summed E-state index contributed by atoms with van der Waals surface area (Å²) in [6.07, 6.45) is 5.04. The summed E-state index contributed by atoms with van der Waals surface area (Å²) in [6, 6.07) is 0.237. The molecular formula is C12H22N2O2. The summed E-state index contributed by atoms with van der Waals surface area (Å²) in [5.74, 6) is 1.08. The predicted octanol–water partition coefficient (Wildman–Crippen LogP) is 0.657. The third-order valence-corrected chi connectivity index (χ3v) is 3.78. The number of amides is 1. The lowest BCUT2D eigenvalue weighted by molar-refractivity contribution is -0.122. The van der Waals surface area contributed by atoms with Crippen LogP contribution in [0.15, 0.2) is 0 Å². The van der Waals surface area contributed by atoms with E-state index >= 15 is 0 Å². The Labute approximate surface area is 96.9 Å².